The smallest absolute Gasteiger partial charge is 0.128 e. The molecule has 0 amide bonds. The monoisotopic (exact) mass is 781 g/mol. The maximum Gasteiger partial charge on any atom is 0.128 e. The van der Waals surface area contributed by atoms with Crippen LogP contribution in [-0.4, -0.2) is 63.3 Å². The largest absolute Gasteiger partial charge is 1.00 e. The Kier molecular flexibility index (Phi) is 43.1. The molecule has 0 rings (SSSR count). The number of hydrogen-bond donors (Lipinski definition) is 0. The summed E-state index contributed by atoms with van der Waals surface area (Å²) in [5.41, 5.74) is 0. The van der Waals surface area contributed by atoms with Crippen molar-refractivity contribution in [3.05, 3.63) is 0 Å². The molecule has 0 bridgehead atoms. The fourth-order valence-corrected chi connectivity index (χ4v) is 6.94. The first kappa shape index (κ1) is 51.3. The van der Waals surface area contributed by atoms with E-state index in [9.17, 15) is 0 Å². The van der Waals surface area contributed by atoms with Crippen LogP contribution in [0.25, 0.3) is 0 Å². The molecule has 0 aliphatic rings. The fourth-order valence-electron chi connectivity index (χ4n) is 6.94. The van der Waals surface area contributed by atoms with Crippen molar-refractivity contribution in [1.29, 1.82) is 0 Å². The Balaban J connectivity index is -0.00000924. The average Bonchev–Trinajstić information content (AvgIpc) is 3.00. The second kappa shape index (κ2) is 38.7. The molecule has 0 saturated carbocycles. The molecule has 282 valence electrons. The first-order valence-corrected chi connectivity index (χ1v) is 21.0. The normalized spacial score (nSPS) is 11.9. The molecular weight excluding hydrogens is 692 g/mol. The van der Waals surface area contributed by atoms with Gasteiger partial charge in [-0.05, 0) is 25.7 Å². The van der Waals surface area contributed by atoms with E-state index < -0.39 is 0 Å². The lowest BCUT2D eigenvalue weighted by molar-refractivity contribution is -0.946. The van der Waals surface area contributed by atoms with Gasteiger partial charge in [0, 0.05) is 0 Å². The third kappa shape index (κ3) is 41.1. The quantitative estimate of drug-likeness (QED) is 0.0449. The van der Waals surface area contributed by atoms with E-state index in [2.05, 4.69) is 42.0 Å². The Hall–Kier alpha value is 0.880. The predicted octanol–water partition coefficient (Wildman–Crippen LogP) is 7.67. The molecule has 0 heterocycles. The van der Waals surface area contributed by atoms with Gasteiger partial charge >= 0.3 is 0 Å². The number of unbranched alkanes of at least 4 members (excludes halogenated alkanes) is 30. The van der Waals surface area contributed by atoms with Gasteiger partial charge in [-0.15, -0.1) is 0 Å². The first-order valence-electron chi connectivity index (χ1n) is 21.0. The Bertz CT molecular complexity index is 552. The molecule has 0 aromatic rings. The number of nitrogens with zero attached hydrogens (tertiary/aromatic N) is 2. The number of likely N-dealkylation sites (N-methyl/N-ethyl adjacent to an activating group) is 2. The minimum absolute atomic E-state index is 0. The molecule has 0 unspecified atom stereocenters. The van der Waals surface area contributed by atoms with Gasteiger partial charge in [0.15, 0.2) is 0 Å². The van der Waals surface area contributed by atoms with Crippen LogP contribution in [0, 0.1) is 0 Å². The second-order valence-corrected chi connectivity index (χ2v) is 16.4. The summed E-state index contributed by atoms with van der Waals surface area (Å²) < 4.78 is 2.42. The van der Waals surface area contributed by atoms with Gasteiger partial charge in [-0.25, -0.2) is 0 Å². The summed E-state index contributed by atoms with van der Waals surface area (Å²) in [6.07, 6.45) is 46.7. The average molecular weight is 783 g/mol. The van der Waals surface area contributed by atoms with E-state index in [-0.39, 0.29) is 34.0 Å². The molecule has 0 radical (unpaired) electrons. The van der Waals surface area contributed by atoms with Crippen LogP contribution in [0.5, 0.6) is 0 Å². The van der Waals surface area contributed by atoms with Crippen molar-refractivity contribution in [3.63, 3.8) is 0 Å². The molecule has 0 saturated heterocycles. The fraction of sp³-hybridized carbons (Fsp3) is 1.00. The van der Waals surface area contributed by atoms with Crippen molar-refractivity contribution >= 4 is 0 Å². The van der Waals surface area contributed by atoms with Gasteiger partial charge in [0.2, 0.25) is 0 Å². The third-order valence-corrected chi connectivity index (χ3v) is 10.5. The van der Waals surface area contributed by atoms with Gasteiger partial charge in [-0.1, -0.05) is 194 Å². The highest BCUT2D eigenvalue weighted by molar-refractivity contribution is 4.52. The summed E-state index contributed by atoms with van der Waals surface area (Å²) in [7, 11) is 9.89. The van der Waals surface area contributed by atoms with Gasteiger partial charge in [0.25, 0.3) is 0 Å². The summed E-state index contributed by atoms with van der Waals surface area (Å²) >= 11 is 0. The highest BCUT2D eigenvalue weighted by atomic mass is 79.9. The van der Waals surface area contributed by atoms with E-state index in [0.29, 0.717) is 0 Å². The first-order chi connectivity index (χ1) is 21.3. The molecular formula is C42H90Br2N2. The molecule has 0 aromatic heterocycles. The molecule has 0 aliphatic heterocycles. The highest BCUT2D eigenvalue weighted by Gasteiger charge is 2.22. The number of rotatable bonds is 37. The summed E-state index contributed by atoms with van der Waals surface area (Å²) in [5, 5.41) is 0. The van der Waals surface area contributed by atoms with Crippen LogP contribution in [0.15, 0.2) is 0 Å². The molecule has 0 aromatic carbocycles. The van der Waals surface area contributed by atoms with Crippen LogP contribution in [0.2, 0.25) is 0 Å². The maximum absolute atomic E-state index is 2.47. The van der Waals surface area contributed by atoms with Gasteiger partial charge < -0.3 is 42.9 Å². The molecule has 0 aliphatic carbocycles. The summed E-state index contributed by atoms with van der Waals surface area (Å²) in [6.45, 7) is 9.98. The molecule has 2 nitrogen and oxygen atoms in total. The molecule has 4 heteroatoms. The standard InChI is InChI=1S/C42H90N2.2BrH/c1-7-9-11-13-15-17-19-21-23-24-25-26-28-30-32-34-36-38-40-44(5,6)42-41-43(3,4)39-37-35-33-31-29-27-22-20-18-16-14-12-10-8-2;;/h7-42H2,1-6H3;2*1H/q+2;;/p-2. The minimum atomic E-state index is 0. The minimum Gasteiger partial charge on any atom is -1.00 e. The van der Waals surface area contributed by atoms with Crippen molar-refractivity contribution < 1.29 is 42.9 Å². The van der Waals surface area contributed by atoms with E-state index in [1.54, 1.807) is 0 Å². The van der Waals surface area contributed by atoms with Crippen molar-refractivity contribution in [1.82, 2.24) is 0 Å². The second-order valence-electron chi connectivity index (χ2n) is 16.4. The number of quaternary nitrogens is 2. The predicted molar refractivity (Wildman–Crippen MR) is 203 cm³/mol. The van der Waals surface area contributed by atoms with Crippen LogP contribution >= 0.6 is 0 Å². The van der Waals surface area contributed by atoms with Gasteiger partial charge in [0.1, 0.15) is 13.1 Å². The van der Waals surface area contributed by atoms with Crippen molar-refractivity contribution in [2.24, 2.45) is 0 Å². The van der Waals surface area contributed by atoms with Crippen LogP contribution in [0.1, 0.15) is 219 Å². The van der Waals surface area contributed by atoms with Crippen molar-refractivity contribution in [2.45, 2.75) is 219 Å². The van der Waals surface area contributed by atoms with E-state index in [1.807, 2.05) is 0 Å². The molecule has 0 atom stereocenters. The van der Waals surface area contributed by atoms with Crippen molar-refractivity contribution in [2.75, 3.05) is 54.4 Å². The zero-order valence-electron chi connectivity index (χ0n) is 33.1. The zero-order chi connectivity index (χ0) is 32.5. The van der Waals surface area contributed by atoms with Crippen LogP contribution in [0.3, 0.4) is 0 Å². The van der Waals surface area contributed by atoms with Crippen LogP contribution < -0.4 is 34.0 Å². The summed E-state index contributed by atoms with van der Waals surface area (Å²) in [6, 6.07) is 0. The highest BCUT2D eigenvalue weighted by Crippen LogP contribution is 2.16. The molecule has 46 heavy (non-hydrogen) atoms. The van der Waals surface area contributed by atoms with Gasteiger partial charge in [0.05, 0.1) is 41.3 Å². The summed E-state index contributed by atoms with van der Waals surface area (Å²) in [4.78, 5) is 0. The maximum atomic E-state index is 2.47. The van der Waals surface area contributed by atoms with Crippen LogP contribution in [-0.2, 0) is 0 Å². The molecule has 0 spiro atoms. The third-order valence-electron chi connectivity index (χ3n) is 10.5. The Morgan fingerprint density at radius 2 is 0.370 bits per heavy atom. The SMILES string of the molecule is CCCCCCCCCCCCCCCCCCCC[N+](C)(C)CC[N+](C)(C)CCCCCCCCCCCCCCCC.[Br-].[Br-]. The van der Waals surface area contributed by atoms with Crippen molar-refractivity contribution in [3.8, 4) is 0 Å². The Labute approximate surface area is 315 Å². The number of halogens is 2. The van der Waals surface area contributed by atoms with Gasteiger partial charge in [-0.3, -0.25) is 0 Å². The zero-order valence-corrected chi connectivity index (χ0v) is 36.3. The summed E-state index contributed by atoms with van der Waals surface area (Å²) in [5.74, 6) is 0. The Morgan fingerprint density at radius 3 is 0.543 bits per heavy atom. The van der Waals surface area contributed by atoms with E-state index in [4.69, 9.17) is 0 Å². The van der Waals surface area contributed by atoms with E-state index in [1.165, 1.54) is 241 Å². The lowest BCUT2D eigenvalue weighted by Gasteiger charge is -2.36. The van der Waals surface area contributed by atoms with Crippen LogP contribution in [0.4, 0.5) is 0 Å². The number of hydrogen-bond acceptors (Lipinski definition) is 0. The lowest BCUT2D eigenvalue weighted by atomic mass is 10.0. The topological polar surface area (TPSA) is 0 Å². The molecule has 0 N–H and O–H groups in total. The Morgan fingerprint density at radius 1 is 0.217 bits per heavy atom. The molecule has 0 fully saturated rings. The van der Waals surface area contributed by atoms with Gasteiger partial charge in [-0.2, -0.15) is 0 Å². The van der Waals surface area contributed by atoms with E-state index >= 15 is 0 Å². The van der Waals surface area contributed by atoms with E-state index in [0.717, 1.165) is 0 Å². The lowest BCUT2D eigenvalue weighted by Crippen LogP contribution is -3.00.